The molecule has 0 unspecified atom stereocenters. The van der Waals surface area contributed by atoms with E-state index in [9.17, 15) is 9.59 Å². The highest BCUT2D eigenvalue weighted by atomic mass is 16.3. The van der Waals surface area contributed by atoms with Crippen molar-refractivity contribution in [2.24, 2.45) is 0 Å². The van der Waals surface area contributed by atoms with Gasteiger partial charge in [-0.3, -0.25) is 9.59 Å². The van der Waals surface area contributed by atoms with Crippen molar-refractivity contribution >= 4 is 22.8 Å². The number of carbonyl (C=O) groups excluding carboxylic acids is 2. The van der Waals surface area contributed by atoms with E-state index in [4.69, 9.17) is 4.42 Å². The van der Waals surface area contributed by atoms with Gasteiger partial charge >= 0.3 is 0 Å². The van der Waals surface area contributed by atoms with Crippen LogP contribution in [0.3, 0.4) is 0 Å². The van der Waals surface area contributed by atoms with Crippen molar-refractivity contribution in [3.63, 3.8) is 0 Å². The van der Waals surface area contributed by atoms with Crippen LogP contribution in [-0.4, -0.2) is 36.3 Å². The Hall–Kier alpha value is -2.30. The maximum absolute atomic E-state index is 12.1. The summed E-state index contributed by atoms with van der Waals surface area (Å²) < 4.78 is 5.58. The minimum absolute atomic E-state index is 0.207. The van der Waals surface area contributed by atoms with Crippen LogP contribution in [0.25, 0.3) is 11.0 Å². The molecule has 5 heteroatoms. The van der Waals surface area contributed by atoms with E-state index >= 15 is 0 Å². The van der Waals surface area contributed by atoms with E-state index in [1.807, 2.05) is 30.0 Å². The van der Waals surface area contributed by atoms with Gasteiger partial charge in [-0.15, -0.1) is 0 Å². The predicted molar refractivity (Wildman–Crippen MR) is 83.7 cm³/mol. The molecule has 1 fully saturated rings. The van der Waals surface area contributed by atoms with Crippen LogP contribution in [0.5, 0.6) is 0 Å². The second-order valence-corrected chi connectivity index (χ2v) is 5.75. The molecule has 0 spiro atoms. The SMILES string of the molecule is Cc1ccc2cc(C(=O)NCCCN3CCCC3=O)oc2c1. The summed E-state index contributed by atoms with van der Waals surface area (Å²) in [5, 5.41) is 3.77. The van der Waals surface area contributed by atoms with E-state index in [0.29, 0.717) is 25.3 Å². The summed E-state index contributed by atoms with van der Waals surface area (Å²) in [6.07, 6.45) is 2.37. The molecule has 2 amide bonds. The number of benzene rings is 1. The molecule has 1 aromatic carbocycles. The summed E-state index contributed by atoms with van der Waals surface area (Å²) in [6.45, 7) is 4.08. The number of nitrogens with one attached hydrogen (secondary N) is 1. The standard InChI is InChI=1S/C17H20N2O3/c1-12-5-6-13-11-15(22-14(13)10-12)17(21)18-7-3-9-19-8-2-4-16(19)20/h5-6,10-11H,2-4,7-9H2,1H3,(H,18,21). The molecule has 2 heterocycles. The third-order valence-corrected chi connectivity index (χ3v) is 3.96. The number of hydrogen-bond acceptors (Lipinski definition) is 3. The van der Waals surface area contributed by atoms with E-state index in [2.05, 4.69) is 5.32 Å². The van der Waals surface area contributed by atoms with Gasteiger partial charge in [0.15, 0.2) is 5.76 Å². The molecule has 0 bridgehead atoms. The molecule has 1 aliphatic rings. The zero-order valence-electron chi connectivity index (χ0n) is 12.7. The molecule has 1 aliphatic heterocycles. The average molecular weight is 300 g/mol. The summed E-state index contributed by atoms with van der Waals surface area (Å²) in [5.74, 6) is 0.346. The highest BCUT2D eigenvalue weighted by Crippen LogP contribution is 2.20. The molecule has 1 aromatic heterocycles. The van der Waals surface area contributed by atoms with E-state index < -0.39 is 0 Å². The van der Waals surface area contributed by atoms with Crippen molar-refractivity contribution in [1.29, 1.82) is 0 Å². The molecular weight excluding hydrogens is 280 g/mol. The fraction of sp³-hybridized carbons (Fsp3) is 0.412. The van der Waals surface area contributed by atoms with Gasteiger partial charge < -0.3 is 14.6 Å². The van der Waals surface area contributed by atoms with Crippen LogP contribution < -0.4 is 5.32 Å². The van der Waals surface area contributed by atoms with Gasteiger partial charge in [-0.1, -0.05) is 12.1 Å². The molecular formula is C17H20N2O3. The van der Waals surface area contributed by atoms with E-state index in [1.54, 1.807) is 6.07 Å². The Morgan fingerprint density at radius 3 is 3.00 bits per heavy atom. The first-order valence-electron chi connectivity index (χ1n) is 7.70. The molecule has 116 valence electrons. The van der Waals surface area contributed by atoms with Crippen molar-refractivity contribution in [3.8, 4) is 0 Å². The van der Waals surface area contributed by atoms with Crippen LogP contribution >= 0.6 is 0 Å². The predicted octanol–water partition coefficient (Wildman–Crippen LogP) is 2.48. The molecule has 0 atom stereocenters. The van der Waals surface area contributed by atoms with Crippen molar-refractivity contribution in [3.05, 3.63) is 35.6 Å². The maximum Gasteiger partial charge on any atom is 0.287 e. The molecule has 1 N–H and O–H groups in total. The highest BCUT2D eigenvalue weighted by molar-refractivity contribution is 5.96. The van der Waals surface area contributed by atoms with Gasteiger partial charge in [-0.05, 0) is 37.5 Å². The molecule has 5 nitrogen and oxygen atoms in total. The lowest BCUT2D eigenvalue weighted by Gasteiger charge is -2.14. The normalized spacial score (nSPS) is 14.8. The fourth-order valence-electron chi connectivity index (χ4n) is 2.75. The molecule has 0 aliphatic carbocycles. The van der Waals surface area contributed by atoms with Crippen LogP contribution in [0.4, 0.5) is 0 Å². The van der Waals surface area contributed by atoms with Gasteiger partial charge in [0, 0.05) is 31.4 Å². The number of amides is 2. The molecule has 22 heavy (non-hydrogen) atoms. The Morgan fingerprint density at radius 2 is 2.23 bits per heavy atom. The van der Waals surface area contributed by atoms with Crippen LogP contribution in [0.15, 0.2) is 28.7 Å². The van der Waals surface area contributed by atoms with Gasteiger partial charge in [0.1, 0.15) is 5.58 Å². The Balaban J connectivity index is 1.51. The van der Waals surface area contributed by atoms with Gasteiger partial charge in [-0.25, -0.2) is 0 Å². The van der Waals surface area contributed by atoms with Gasteiger partial charge in [0.25, 0.3) is 5.91 Å². The quantitative estimate of drug-likeness (QED) is 0.863. The van der Waals surface area contributed by atoms with Gasteiger partial charge in [0.2, 0.25) is 5.91 Å². The first kappa shape index (κ1) is 14.6. The van der Waals surface area contributed by atoms with E-state index in [1.165, 1.54) is 0 Å². The largest absolute Gasteiger partial charge is 0.451 e. The van der Waals surface area contributed by atoms with Crippen molar-refractivity contribution < 1.29 is 14.0 Å². The van der Waals surface area contributed by atoms with Gasteiger partial charge in [-0.2, -0.15) is 0 Å². The topological polar surface area (TPSA) is 62.6 Å². The number of hydrogen-bond donors (Lipinski definition) is 1. The Bertz CT molecular complexity index is 705. The summed E-state index contributed by atoms with van der Waals surface area (Å²) in [6, 6.07) is 7.62. The lowest BCUT2D eigenvalue weighted by molar-refractivity contribution is -0.127. The first-order chi connectivity index (χ1) is 10.6. The zero-order chi connectivity index (χ0) is 15.5. The van der Waals surface area contributed by atoms with Crippen molar-refractivity contribution in [2.45, 2.75) is 26.2 Å². The van der Waals surface area contributed by atoms with E-state index in [0.717, 1.165) is 35.9 Å². The molecule has 0 saturated carbocycles. The number of aryl methyl sites for hydroxylation is 1. The second kappa shape index (κ2) is 6.22. The highest BCUT2D eigenvalue weighted by Gasteiger charge is 2.19. The third kappa shape index (κ3) is 3.13. The number of nitrogens with zero attached hydrogens (tertiary/aromatic N) is 1. The molecule has 0 radical (unpaired) electrons. The number of rotatable bonds is 5. The summed E-state index contributed by atoms with van der Waals surface area (Å²) >= 11 is 0. The Morgan fingerprint density at radius 1 is 1.36 bits per heavy atom. The van der Waals surface area contributed by atoms with Crippen molar-refractivity contribution in [1.82, 2.24) is 10.2 Å². The minimum Gasteiger partial charge on any atom is -0.451 e. The third-order valence-electron chi connectivity index (χ3n) is 3.96. The summed E-state index contributed by atoms with van der Waals surface area (Å²) in [5.41, 5.74) is 1.83. The molecule has 2 aromatic rings. The van der Waals surface area contributed by atoms with Crippen LogP contribution in [-0.2, 0) is 4.79 Å². The number of furan rings is 1. The van der Waals surface area contributed by atoms with Crippen molar-refractivity contribution in [2.75, 3.05) is 19.6 Å². The van der Waals surface area contributed by atoms with Gasteiger partial charge in [0.05, 0.1) is 0 Å². The lowest BCUT2D eigenvalue weighted by atomic mass is 10.2. The minimum atomic E-state index is -0.207. The zero-order valence-corrected chi connectivity index (χ0v) is 12.7. The first-order valence-corrected chi connectivity index (χ1v) is 7.70. The average Bonchev–Trinajstić information content (AvgIpc) is 3.09. The molecule has 1 saturated heterocycles. The number of fused-ring (bicyclic) bond motifs is 1. The smallest absolute Gasteiger partial charge is 0.287 e. The molecule has 3 rings (SSSR count). The number of likely N-dealkylation sites (tertiary alicyclic amines) is 1. The Labute approximate surface area is 129 Å². The van der Waals surface area contributed by atoms with E-state index in [-0.39, 0.29) is 11.8 Å². The number of carbonyl (C=O) groups is 2. The van der Waals surface area contributed by atoms with Crippen LogP contribution in [0.2, 0.25) is 0 Å². The lowest BCUT2D eigenvalue weighted by Crippen LogP contribution is -2.30. The van der Waals surface area contributed by atoms with Crippen LogP contribution in [0, 0.1) is 6.92 Å². The summed E-state index contributed by atoms with van der Waals surface area (Å²) in [7, 11) is 0. The van der Waals surface area contributed by atoms with Crippen LogP contribution in [0.1, 0.15) is 35.4 Å². The Kier molecular flexibility index (Phi) is 4.13. The monoisotopic (exact) mass is 300 g/mol. The fourth-order valence-corrected chi connectivity index (χ4v) is 2.75. The second-order valence-electron chi connectivity index (χ2n) is 5.75. The summed E-state index contributed by atoms with van der Waals surface area (Å²) in [4.78, 5) is 25.4. The maximum atomic E-state index is 12.1.